The number of phosphoric ester groups is 1. The lowest BCUT2D eigenvalue weighted by molar-refractivity contribution is 0.0863. The standard InChI is InChI=1S/C22H45O4P/c1-3-4-5-6-7-8-9-10-11-12-13-14-15-16-20-25-27(23,24)26-22-19-17-18-21(22)2/h21-22H,3-20H2,1-2H3,(H,23,24)/t21-,22+/m1/s1. The fraction of sp³-hybridized carbons (Fsp3) is 1.00. The van der Waals surface area contributed by atoms with E-state index in [9.17, 15) is 9.46 Å². The Labute approximate surface area is 168 Å². The van der Waals surface area contributed by atoms with E-state index in [1.165, 1.54) is 77.0 Å². The predicted octanol–water partition coefficient (Wildman–Crippen LogP) is 7.79. The maximum atomic E-state index is 12.0. The SMILES string of the molecule is CCCCCCCCCCCCCCCCOP(=O)(O)O[C@H]1CCC[C@H]1C. The molecule has 3 atom stereocenters. The Morgan fingerprint density at radius 1 is 0.815 bits per heavy atom. The van der Waals surface area contributed by atoms with Gasteiger partial charge in [0.25, 0.3) is 0 Å². The van der Waals surface area contributed by atoms with Crippen LogP contribution in [0.4, 0.5) is 0 Å². The lowest BCUT2D eigenvalue weighted by Crippen LogP contribution is -2.15. The minimum absolute atomic E-state index is 0.114. The van der Waals surface area contributed by atoms with Gasteiger partial charge in [0.15, 0.2) is 0 Å². The van der Waals surface area contributed by atoms with Crippen LogP contribution in [-0.2, 0) is 13.6 Å². The molecule has 1 N–H and O–H groups in total. The summed E-state index contributed by atoms with van der Waals surface area (Å²) in [6.45, 7) is 4.67. The van der Waals surface area contributed by atoms with E-state index >= 15 is 0 Å². The van der Waals surface area contributed by atoms with Crippen molar-refractivity contribution in [1.82, 2.24) is 0 Å². The second-order valence-electron chi connectivity index (χ2n) is 8.45. The van der Waals surface area contributed by atoms with Crippen LogP contribution in [0.3, 0.4) is 0 Å². The largest absolute Gasteiger partial charge is 0.472 e. The van der Waals surface area contributed by atoms with Gasteiger partial charge in [-0.05, 0) is 25.2 Å². The minimum Gasteiger partial charge on any atom is -0.302 e. The second kappa shape index (κ2) is 16.0. The molecule has 0 spiro atoms. The fourth-order valence-electron chi connectivity index (χ4n) is 3.95. The van der Waals surface area contributed by atoms with Crippen LogP contribution < -0.4 is 0 Å². The number of rotatable bonds is 18. The molecule has 0 aromatic carbocycles. The summed E-state index contributed by atoms with van der Waals surface area (Å²) in [5, 5.41) is 0. The van der Waals surface area contributed by atoms with Crippen molar-refractivity contribution < 1.29 is 18.5 Å². The van der Waals surface area contributed by atoms with Gasteiger partial charge in [0.2, 0.25) is 0 Å². The Balaban J connectivity index is 1.82. The first-order valence-electron chi connectivity index (χ1n) is 11.7. The summed E-state index contributed by atoms with van der Waals surface area (Å²) in [6.07, 6.45) is 21.1. The summed E-state index contributed by atoms with van der Waals surface area (Å²) in [4.78, 5) is 9.81. The van der Waals surface area contributed by atoms with E-state index in [1.807, 2.05) is 0 Å². The zero-order valence-corrected chi connectivity index (χ0v) is 18.9. The van der Waals surface area contributed by atoms with Gasteiger partial charge in [-0.1, -0.05) is 104 Å². The molecular weight excluding hydrogens is 359 g/mol. The molecule has 0 saturated heterocycles. The van der Waals surface area contributed by atoms with E-state index in [4.69, 9.17) is 9.05 Å². The molecule has 1 unspecified atom stereocenters. The first-order valence-corrected chi connectivity index (χ1v) is 13.2. The van der Waals surface area contributed by atoms with E-state index in [0.717, 1.165) is 32.1 Å². The molecule has 4 nitrogen and oxygen atoms in total. The molecule has 0 amide bonds. The second-order valence-corrected chi connectivity index (χ2v) is 9.86. The van der Waals surface area contributed by atoms with Crippen LogP contribution in [0.15, 0.2) is 0 Å². The monoisotopic (exact) mass is 404 g/mol. The third kappa shape index (κ3) is 13.8. The van der Waals surface area contributed by atoms with Crippen LogP contribution in [0.25, 0.3) is 0 Å². The quantitative estimate of drug-likeness (QED) is 0.187. The van der Waals surface area contributed by atoms with Gasteiger partial charge in [-0.25, -0.2) is 4.57 Å². The first kappa shape index (κ1) is 25.1. The van der Waals surface area contributed by atoms with Crippen LogP contribution in [0.1, 0.15) is 123 Å². The summed E-state index contributed by atoms with van der Waals surface area (Å²) in [6, 6.07) is 0. The Kier molecular flexibility index (Phi) is 14.9. The maximum Gasteiger partial charge on any atom is 0.472 e. The Morgan fingerprint density at radius 3 is 1.74 bits per heavy atom. The third-order valence-electron chi connectivity index (χ3n) is 5.80. The molecule has 162 valence electrons. The highest BCUT2D eigenvalue weighted by molar-refractivity contribution is 7.47. The highest BCUT2D eigenvalue weighted by Gasteiger charge is 2.32. The van der Waals surface area contributed by atoms with Crippen molar-refractivity contribution in [3.63, 3.8) is 0 Å². The van der Waals surface area contributed by atoms with Crippen molar-refractivity contribution in [2.45, 2.75) is 129 Å². The molecule has 0 radical (unpaired) electrons. The zero-order chi connectivity index (χ0) is 19.8. The fourth-order valence-corrected chi connectivity index (χ4v) is 5.02. The van der Waals surface area contributed by atoms with Crippen molar-refractivity contribution in [3.8, 4) is 0 Å². The molecule has 1 aliphatic rings. The number of hydrogen-bond donors (Lipinski definition) is 1. The summed E-state index contributed by atoms with van der Waals surface area (Å²) < 4.78 is 22.4. The molecule has 0 heterocycles. The summed E-state index contributed by atoms with van der Waals surface area (Å²) >= 11 is 0. The first-order chi connectivity index (χ1) is 13.0. The molecule has 27 heavy (non-hydrogen) atoms. The molecule has 0 bridgehead atoms. The van der Waals surface area contributed by atoms with Crippen LogP contribution >= 0.6 is 7.82 Å². The van der Waals surface area contributed by atoms with Gasteiger partial charge in [-0.15, -0.1) is 0 Å². The predicted molar refractivity (Wildman–Crippen MR) is 114 cm³/mol. The summed E-state index contributed by atoms with van der Waals surface area (Å²) in [7, 11) is -3.87. The van der Waals surface area contributed by atoms with Crippen LogP contribution in [0.5, 0.6) is 0 Å². The smallest absolute Gasteiger partial charge is 0.302 e. The van der Waals surface area contributed by atoms with Crippen LogP contribution in [0.2, 0.25) is 0 Å². The van der Waals surface area contributed by atoms with E-state index < -0.39 is 7.82 Å². The molecule has 0 aliphatic heterocycles. The van der Waals surface area contributed by atoms with E-state index in [-0.39, 0.29) is 6.10 Å². The molecule has 1 aliphatic carbocycles. The van der Waals surface area contributed by atoms with Crippen molar-refractivity contribution in [1.29, 1.82) is 0 Å². The summed E-state index contributed by atoms with van der Waals surface area (Å²) in [5.41, 5.74) is 0. The van der Waals surface area contributed by atoms with E-state index in [2.05, 4.69) is 13.8 Å². The molecule has 1 saturated carbocycles. The highest BCUT2D eigenvalue weighted by Crippen LogP contribution is 2.48. The Hall–Kier alpha value is 0.110. The Bertz CT molecular complexity index is 389. The molecule has 1 fully saturated rings. The summed E-state index contributed by atoms with van der Waals surface area (Å²) in [5.74, 6) is 0.357. The normalized spacial score (nSPS) is 22.2. The van der Waals surface area contributed by atoms with E-state index in [1.54, 1.807) is 0 Å². The topological polar surface area (TPSA) is 55.8 Å². The van der Waals surface area contributed by atoms with Crippen LogP contribution in [-0.4, -0.2) is 17.6 Å². The lowest BCUT2D eigenvalue weighted by Gasteiger charge is -2.19. The maximum absolute atomic E-state index is 12.0. The van der Waals surface area contributed by atoms with Gasteiger partial charge in [0.05, 0.1) is 12.7 Å². The number of hydrogen-bond acceptors (Lipinski definition) is 3. The number of phosphoric acid groups is 1. The van der Waals surface area contributed by atoms with Crippen molar-refractivity contribution >= 4 is 7.82 Å². The van der Waals surface area contributed by atoms with Gasteiger partial charge in [0.1, 0.15) is 0 Å². The average Bonchev–Trinajstić information content (AvgIpc) is 3.02. The molecule has 0 aromatic heterocycles. The van der Waals surface area contributed by atoms with Crippen molar-refractivity contribution in [2.24, 2.45) is 5.92 Å². The molecule has 1 rings (SSSR count). The van der Waals surface area contributed by atoms with Crippen molar-refractivity contribution in [2.75, 3.05) is 6.61 Å². The Morgan fingerprint density at radius 2 is 1.30 bits per heavy atom. The average molecular weight is 405 g/mol. The van der Waals surface area contributed by atoms with Gasteiger partial charge >= 0.3 is 7.82 Å². The highest BCUT2D eigenvalue weighted by atomic mass is 31.2. The molecule has 5 heteroatoms. The molecule has 0 aromatic rings. The minimum atomic E-state index is -3.87. The van der Waals surface area contributed by atoms with Gasteiger partial charge in [-0.2, -0.15) is 0 Å². The molecular formula is C22H45O4P. The third-order valence-corrected chi connectivity index (χ3v) is 6.85. The van der Waals surface area contributed by atoms with Crippen LogP contribution in [0, 0.1) is 5.92 Å². The van der Waals surface area contributed by atoms with Gasteiger partial charge < -0.3 is 4.89 Å². The van der Waals surface area contributed by atoms with E-state index in [0.29, 0.717) is 12.5 Å². The van der Waals surface area contributed by atoms with Gasteiger partial charge in [0, 0.05) is 0 Å². The van der Waals surface area contributed by atoms with Crippen molar-refractivity contribution in [3.05, 3.63) is 0 Å². The van der Waals surface area contributed by atoms with Gasteiger partial charge in [-0.3, -0.25) is 9.05 Å². The number of unbranched alkanes of at least 4 members (excludes halogenated alkanes) is 13. The lowest BCUT2D eigenvalue weighted by atomic mass is 10.0. The zero-order valence-electron chi connectivity index (χ0n) is 18.0.